The van der Waals surface area contributed by atoms with E-state index in [4.69, 9.17) is 5.11 Å². The Hall–Kier alpha value is 0.578. The maximum atomic E-state index is 10.9. The third kappa shape index (κ3) is 8.82. The summed E-state index contributed by atoms with van der Waals surface area (Å²) >= 11 is 0. The first-order valence-corrected chi connectivity index (χ1v) is 1.38. The second-order valence-electron chi connectivity index (χ2n) is 0.723. The Morgan fingerprint density at radius 2 is 2.00 bits per heavy atom. The van der Waals surface area contributed by atoms with Gasteiger partial charge in [-0.2, -0.15) is 0 Å². The zero-order valence-corrected chi connectivity index (χ0v) is 5.41. The average molecular weight is 272 g/mol. The summed E-state index contributed by atoms with van der Waals surface area (Å²) in [6, 6.07) is 0. The first-order valence-electron chi connectivity index (χ1n) is 1.38. The van der Waals surface area contributed by atoms with Crippen molar-refractivity contribution in [3.63, 3.8) is 0 Å². The molecule has 3 heteroatoms. The van der Waals surface area contributed by atoms with Crippen LogP contribution in [0.25, 0.3) is 0 Å². The SMILES string of the molecule is [CH2-]CC(O)F.[Pt]. The molecule has 1 unspecified atom stereocenters. The number of halogens is 1. The van der Waals surface area contributed by atoms with Crippen LogP contribution in [0.1, 0.15) is 6.42 Å². The minimum absolute atomic E-state index is 0. The second kappa shape index (κ2) is 5.58. The van der Waals surface area contributed by atoms with Crippen molar-refractivity contribution in [2.75, 3.05) is 0 Å². The first kappa shape index (κ1) is 9.77. The number of aliphatic hydroxyl groups is 1. The van der Waals surface area contributed by atoms with Crippen LogP contribution in [-0.4, -0.2) is 11.5 Å². The average Bonchev–Trinajstić information content (AvgIpc) is 1.38. The topological polar surface area (TPSA) is 20.2 Å². The molecule has 0 aromatic heterocycles. The van der Waals surface area contributed by atoms with Crippen LogP contribution >= 0.6 is 0 Å². The second-order valence-corrected chi connectivity index (χ2v) is 0.723. The van der Waals surface area contributed by atoms with E-state index in [-0.39, 0.29) is 27.5 Å². The van der Waals surface area contributed by atoms with Crippen LogP contribution in [0.2, 0.25) is 0 Å². The van der Waals surface area contributed by atoms with E-state index in [0.717, 1.165) is 0 Å². The van der Waals surface area contributed by atoms with Crippen molar-refractivity contribution < 1.29 is 30.6 Å². The molecule has 0 amide bonds. The van der Waals surface area contributed by atoms with E-state index in [1.54, 1.807) is 0 Å². The van der Waals surface area contributed by atoms with Gasteiger partial charge in [-0.15, -0.1) is 6.42 Å². The van der Waals surface area contributed by atoms with Gasteiger partial charge >= 0.3 is 0 Å². The summed E-state index contributed by atoms with van der Waals surface area (Å²) in [5.74, 6) is 0. The fraction of sp³-hybridized carbons (Fsp3) is 0.667. The van der Waals surface area contributed by atoms with Gasteiger partial charge in [-0.3, -0.25) is 0 Å². The third-order valence-electron chi connectivity index (χ3n) is 0.238. The summed E-state index contributed by atoms with van der Waals surface area (Å²) in [5.41, 5.74) is 0. The molecule has 0 rings (SSSR count). The minimum Gasteiger partial charge on any atom is -0.366 e. The molecule has 0 aliphatic heterocycles. The van der Waals surface area contributed by atoms with Gasteiger partial charge in [-0.25, -0.2) is 4.39 Å². The Morgan fingerprint density at radius 3 is 2.00 bits per heavy atom. The van der Waals surface area contributed by atoms with Crippen molar-refractivity contribution in [1.82, 2.24) is 0 Å². The van der Waals surface area contributed by atoms with Crippen molar-refractivity contribution in [1.29, 1.82) is 0 Å². The maximum absolute atomic E-state index is 10.9. The zero-order valence-electron chi connectivity index (χ0n) is 3.13. The van der Waals surface area contributed by atoms with E-state index in [1.165, 1.54) is 0 Å². The Labute approximate surface area is 50.8 Å². The van der Waals surface area contributed by atoms with E-state index in [1.807, 2.05) is 0 Å². The van der Waals surface area contributed by atoms with Gasteiger partial charge in [0.05, 0.1) is 0 Å². The summed E-state index contributed by atoms with van der Waals surface area (Å²) in [5, 5.41) is 7.63. The molecule has 0 heterocycles. The molecule has 1 N–H and O–H groups in total. The largest absolute Gasteiger partial charge is 0.366 e. The van der Waals surface area contributed by atoms with Gasteiger partial charge in [0, 0.05) is 21.1 Å². The molecule has 0 saturated heterocycles. The molecule has 0 aromatic rings. The summed E-state index contributed by atoms with van der Waals surface area (Å²) in [7, 11) is 0. The number of alkyl halides is 1. The summed E-state index contributed by atoms with van der Waals surface area (Å²) < 4.78 is 10.9. The molecule has 42 valence electrons. The standard InChI is InChI=1S/C3H6FO.Pt/c1-2-3(4)5;/h3,5H,1-2H2;/q-1;. The van der Waals surface area contributed by atoms with Gasteiger partial charge in [0.25, 0.3) is 0 Å². The molecule has 0 spiro atoms. The predicted molar refractivity (Wildman–Crippen MR) is 17.1 cm³/mol. The van der Waals surface area contributed by atoms with Crippen molar-refractivity contribution in [2.45, 2.75) is 12.8 Å². The van der Waals surface area contributed by atoms with Gasteiger partial charge in [0.1, 0.15) is 0 Å². The van der Waals surface area contributed by atoms with E-state index in [0.29, 0.717) is 0 Å². The molecule has 0 bridgehead atoms. The normalized spacial score (nSPS) is 12.5. The van der Waals surface area contributed by atoms with Crippen LogP contribution in [0, 0.1) is 6.92 Å². The monoisotopic (exact) mass is 272 g/mol. The number of hydrogen-bond donors (Lipinski definition) is 1. The molecule has 1 atom stereocenters. The molecule has 1 nitrogen and oxygen atoms in total. The summed E-state index contributed by atoms with van der Waals surface area (Å²) in [4.78, 5) is 0. The van der Waals surface area contributed by atoms with Crippen LogP contribution in [0.4, 0.5) is 4.39 Å². The molecule has 0 fully saturated rings. The summed E-state index contributed by atoms with van der Waals surface area (Å²) in [6.07, 6.45) is -1.78. The van der Waals surface area contributed by atoms with Gasteiger partial charge in [0.2, 0.25) is 0 Å². The maximum Gasteiger partial charge on any atom is 0.168 e. The van der Waals surface area contributed by atoms with Crippen molar-refractivity contribution in [2.24, 2.45) is 0 Å². The summed E-state index contributed by atoms with van der Waals surface area (Å²) in [6.45, 7) is 3.06. The fourth-order valence-electron chi connectivity index (χ4n) is 0. The third-order valence-corrected chi connectivity index (χ3v) is 0.238. The molecular weight excluding hydrogens is 266 g/mol. The van der Waals surface area contributed by atoms with Crippen LogP contribution < -0.4 is 0 Å². The van der Waals surface area contributed by atoms with Crippen molar-refractivity contribution in [3.05, 3.63) is 6.92 Å². The number of rotatable bonds is 1. The molecule has 6 heavy (non-hydrogen) atoms. The molecule has 0 aliphatic carbocycles. The van der Waals surface area contributed by atoms with Gasteiger partial charge in [-0.05, 0) is 0 Å². The molecule has 0 aliphatic rings. The molecular formula is C3H6FOPt-. The quantitative estimate of drug-likeness (QED) is 0.689. The van der Waals surface area contributed by atoms with Gasteiger partial charge < -0.3 is 12.0 Å². The molecule has 0 saturated carbocycles. The van der Waals surface area contributed by atoms with Crippen molar-refractivity contribution >= 4 is 0 Å². The van der Waals surface area contributed by atoms with Crippen molar-refractivity contribution in [3.8, 4) is 0 Å². The Kier molecular flexibility index (Phi) is 9.08. The van der Waals surface area contributed by atoms with Crippen LogP contribution in [0.5, 0.6) is 0 Å². The van der Waals surface area contributed by atoms with Crippen LogP contribution in [0.15, 0.2) is 0 Å². The Bertz CT molecular complexity index is 24.8. The van der Waals surface area contributed by atoms with E-state index in [2.05, 4.69) is 6.92 Å². The zero-order chi connectivity index (χ0) is 4.28. The van der Waals surface area contributed by atoms with E-state index in [9.17, 15) is 4.39 Å². The Balaban J connectivity index is 0. The Morgan fingerprint density at radius 1 is 1.83 bits per heavy atom. The van der Waals surface area contributed by atoms with Gasteiger partial charge in [-0.1, -0.05) is 0 Å². The first-order chi connectivity index (χ1) is 2.27. The molecule has 0 radical (unpaired) electrons. The van der Waals surface area contributed by atoms with Crippen LogP contribution in [-0.2, 0) is 21.1 Å². The fourth-order valence-corrected chi connectivity index (χ4v) is 0. The molecule has 0 aromatic carbocycles. The van der Waals surface area contributed by atoms with Gasteiger partial charge in [0.15, 0.2) is 6.36 Å². The minimum atomic E-state index is -1.73. The smallest absolute Gasteiger partial charge is 0.168 e. The van der Waals surface area contributed by atoms with E-state index >= 15 is 0 Å². The van der Waals surface area contributed by atoms with Crippen LogP contribution in [0.3, 0.4) is 0 Å². The van der Waals surface area contributed by atoms with E-state index < -0.39 is 6.36 Å². The number of aliphatic hydroxyl groups excluding tert-OH is 1. The number of hydrogen-bond acceptors (Lipinski definition) is 1. The predicted octanol–water partition coefficient (Wildman–Crippen LogP) is 0.496.